The third-order valence-corrected chi connectivity index (χ3v) is 8.69. The van der Waals surface area contributed by atoms with Crippen LogP contribution in [0.25, 0.3) is 0 Å². The maximum absolute atomic E-state index is 13.3. The van der Waals surface area contributed by atoms with Gasteiger partial charge in [-0.05, 0) is 95.8 Å². The molecule has 1 aliphatic rings. The van der Waals surface area contributed by atoms with Crippen LogP contribution in [0.4, 0.5) is 5.69 Å². The van der Waals surface area contributed by atoms with E-state index in [-0.39, 0.29) is 17.9 Å². The van der Waals surface area contributed by atoms with Gasteiger partial charge in [0.2, 0.25) is 0 Å². The summed E-state index contributed by atoms with van der Waals surface area (Å²) in [7, 11) is 3.90. The summed E-state index contributed by atoms with van der Waals surface area (Å²) in [4.78, 5) is 33.8. The minimum Gasteiger partial charge on any atom is -0.497 e. The van der Waals surface area contributed by atoms with Gasteiger partial charge in [-0.3, -0.25) is 14.5 Å². The second kappa shape index (κ2) is 13.6. The molecule has 0 bridgehead atoms. The summed E-state index contributed by atoms with van der Waals surface area (Å²) in [6.07, 6.45) is 4.39. The summed E-state index contributed by atoms with van der Waals surface area (Å²) in [5.74, 6) is 0.649. The lowest BCUT2D eigenvalue weighted by atomic mass is 9.88. The Bertz CT molecular complexity index is 1410. The fraction of sp³-hybridized carbons (Fsp3) is 0.455. The van der Waals surface area contributed by atoms with Gasteiger partial charge in [0, 0.05) is 71.0 Å². The lowest BCUT2D eigenvalue weighted by Gasteiger charge is -2.41. The molecular weight excluding hydrogens is 536 g/mol. The zero-order valence-electron chi connectivity index (χ0n) is 25.1. The van der Waals surface area contributed by atoms with Gasteiger partial charge < -0.3 is 19.9 Å². The fourth-order valence-corrected chi connectivity index (χ4v) is 6.35. The Morgan fingerprint density at radius 1 is 1.05 bits per heavy atom. The van der Waals surface area contributed by atoms with Crippen molar-refractivity contribution in [1.82, 2.24) is 15.2 Å². The number of rotatable bonds is 10. The topological polar surface area (TPSA) is 77.7 Å². The molecule has 0 atom stereocenters. The number of nitrogens with one attached hydrogen (secondary N) is 2. The van der Waals surface area contributed by atoms with Crippen molar-refractivity contribution in [3.05, 3.63) is 91.4 Å². The second-order valence-corrected chi connectivity index (χ2v) is 11.6. The second-order valence-electron chi connectivity index (χ2n) is 11.2. The zero-order valence-corrected chi connectivity index (χ0v) is 25.9. The number of nitrogens with zero attached hydrogens (tertiary/aromatic N) is 2. The molecule has 0 aliphatic heterocycles. The van der Waals surface area contributed by atoms with Crippen LogP contribution in [0.3, 0.4) is 0 Å². The molecular formula is C33H43ClN4O3. The third-order valence-electron chi connectivity index (χ3n) is 8.47. The summed E-state index contributed by atoms with van der Waals surface area (Å²) in [5, 5.41) is 3.48. The molecule has 0 radical (unpaired) electrons. The number of carbonyl (C=O) groups is 1. The predicted octanol–water partition coefficient (Wildman–Crippen LogP) is 6.16. The minimum atomic E-state index is -0.231. The number of H-pyrrole nitrogens is 1. The standard InChI is InChI=1S/C33H43ClN4O3/c1-7-38(27-12-10-26(11-13-27)37(5)20-24-8-14-28(41-6)15-9-24)31-18-25(34)17-29(22(31)3)33(40)35-19-30-23(4)36-21(2)16-32(30)39/h8-9,14-18,26-27H,7,10-13,19-20H2,1-6H3,(H,35,40)(H,36,39)/t26-,27-. The van der Waals surface area contributed by atoms with Crippen molar-refractivity contribution < 1.29 is 9.53 Å². The van der Waals surface area contributed by atoms with E-state index in [1.54, 1.807) is 19.2 Å². The molecule has 1 fully saturated rings. The van der Waals surface area contributed by atoms with E-state index in [1.165, 1.54) is 5.56 Å². The fourth-order valence-electron chi connectivity index (χ4n) is 6.14. The molecule has 0 spiro atoms. The normalized spacial score (nSPS) is 17.0. The maximum atomic E-state index is 13.3. The van der Waals surface area contributed by atoms with Crippen molar-refractivity contribution in [3.63, 3.8) is 0 Å². The van der Waals surface area contributed by atoms with Crippen molar-refractivity contribution in [1.29, 1.82) is 0 Å². The number of aromatic nitrogens is 1. The average molecular weight is 579 g/mol. The number of anilines is 1. The Labute approximate surface area is 248 Å². The van der Waals surface area contributed by atoms with Crippen LogP contribution in [0.5, 0.6) is 5.75 Å². The van der Waals surface area contributed by atoms with E-state index in [0.29, 0.717) is 28.2 Å². The molecule has 2 N–H and O–H groups in total. The molecule has 4 rings (SSSR count). The lowest BCUT2D eigenvalue weighted by molar-refractivity contribution is 0.0950. The van der Waals surface area contributed by atoms with Crippen molar-refractivity contribution in [2.75, 3.05) is 25.6 Å². The summed E-state index contributed by atoms with van der Waals surface area (Å²) >= 11 is 6.58. The first-order valence-corrected chi connectivity index (χ1v) is 14.9. The number of pyridine rings is 1. The molecule has 2 aromatic carbocycles. The predicted molar refractivity (Wildman–Crippen MR) is 167 cm³/mol. The molecule has 1 aliphatic carbocycles. The quantitative estimate of drug-likeness (QED) is 0.301. The summed E-state index contributed by atoms with van der Waals surface area (Å²) in [5.41, 5.74) is 5.79. The highest BCUT2D eigenvalue weighted by molar-refractivity contribution is 6.31. The molecule has 220 valence electrons. The van der Waals surface area contributed by atoms with Crippen LogP contribution in [0.1, 0.15) is 71.0 Å². The van der Waals surface area contributed by atoms with Gasteiger partial charge in [-0.25, -0.2) is 0 Å². The van der Waals surface area contributed by atoms with E-state index >= 15 is 0 Å². The Morgan fingerprint density at radius 3 is 2.32 bits per heavy atom. The van der Waals surface area contributed by atoms with Crippen LogP contribution < -0.4 is 20.4 Å². The Morgan fingerprint density at radius 2 is 1.71 bits per heavy atom. The third kappa shape index (κ3) is 7.32. The van der Waals surface area contributed by atoms with Crippen molar-refractivity contribution in [2.45, 2.75) is 78.6 Å². The highest BCUT2D eigenvalue weighted by atomic mass is 35.5. The van der Waals surface area contributed by atoms with Gasteiger partial charge in [-0.2, -0.15) is 0 Å². The minimum absolute atomic E-state index is 0.0787. The molecule has 41 heavy (non-hydrogen) atoms. The van der Waals surface area contributed by atoms with Gasteiger partial charge in [-0.15, -0.1) is 0 Å². The van der Waals surface area contributed by atoms with Crippen LogP contribution in [0.15, 0.2) is 47.3 Å². The van der Waals surface area contributed by atoms with E-state index in [1.807, 2.05) is 39.0 Å². The van der Waals surface area contributed by atoms with Crippen LogP contribution >= 0.6 is 11.6 Å². The van der Waals surface area contributed by atoms with Crippen molar-refractivity contribution in [3.8, 4) is 5.75 Å². The molecule has 1 heterocycles. The van der Waals surface area contributed by atoms with E-state index in [4.69, 9.17) is 16.3 Å². The number of methoxy groups -OCH3 is 1. The number of aromatic amines is 1. The van der Waals surface area contributed by atoms with Gasteiger partial charge in [0.25, 0.3) is 5.91 Å². The number of carbonyl (C=O) groups excluding carboxylic acids is 1. The molecule has 3 aromatic rings. The summed E-state index contributed by atoms with van der Waals surface area (Å²) in [6.45, 7) is 9.75. The number of ether oxygens (including phenoxy) is 1. The molecule has 1 aromatic heterocycles. The van der Waals surface area contributed by atoms with Gasteiger partial charge in [0.05, 0.1) is 7.11 Å². The van der Waals surface area contributed by atoms with E-state index in [2.05, 4.69) is 46.2 Å². The highest BCUT2D eigenvalue weighted by Gasteiger charge is 2.29. The highest BCUT2D eigenvalue weighted by Crippen LogP contribution is 2.34. The van der Waals surface area contributed by atoms with Crippen LogP contribution in [0, 0.1) is 20.8 Å². The summed E-state index contributed by atoms with van der Waals surface area (Å²) in [6, 6.07) is 14.5. The maximum Gasteiger partial charge on any atom is 0.251 e. The van der Waals surface area contributed by atoms with E-state index in [0.717, 1.165) is 67.2 Å². The van der Waals surface area contributed by atoms with Crippen LogP contribution in [-0.2, 0) is 13.1 Å². The first-order valence-electron chi connectivity index (χ1n) is 14.5. The monoisotopic (exact) mass is 578 g/mol. The number of aryl methyl sites for hydroxylation is 2. The SMILES string of the molecule is CCN(c1cc(Cl)cc(C(=O)NCc2c(C)[nH]c(C)cc2=O)c1C)[C@H]1CC[C@H](N(C)Cc2ccc(OC)cc2)CC1. The van der Waals surface area contributed by atoms with Gasteiger partial charge in [0.15, 0.2) is 5.43 Å². The number of benzene rings is 2. The Balaban J connectivity index is 1.43. The largest absolute Gasteiger partial charge is 0.497 e. The van der Waals surface area contributed by atoms with Crippen molar-refractivity contribution >= 4 is 23.2 Å². The lowest BCUT2D eigenvalue weighted by Crippen LogP contribution is -2.43. The molecule has 7 nitrogen and oxygen atoms in total. The Kier molecular flexibility index (Phi) is 10.2. The Hall–Kier alpha value is -3.29. The smallest absolute Gasteiger partial charge is 0.251 e. The van der Waals surface area contributed by atoms with E-state index < -0.39 is 0 Å². The molecule has 0 unspecified atom stereocenters. The number of hydrogen-bond acceptors (Lipinski definition) is 5. The molecule has 0 saturated heterocycles. The van der Waals surface area contributed by atoms with Gasteiger partial charge in [-0.1, -0.05) is 23.7 Å². The van der Waals surface area contributed by atoms with Gasteiger partial charge in [0.1, 0.15) is 5.75 Å². The molecule has 1 saturated carbocycles. The first-order chi connectivity index (χ1) is 19.6. The van der Waals surface area contributed by atoms with Crippen molar-refractivity contribution in [2.24, 2.45) is 0 Å². The molecule has 1 amide bonds. The van der Waals surface area contributed by atoms with Gasteiger partial charge >= 0.3 is 0 Å². The first kappa shape index (κ1) is 30.7. The number of hydrogen-bond donors (Lipinski definition) is 2. The molecule has 8 heteroatoms. The van der Waals surface area contributed by atoms with E-state index in [9.17, 15) is 9.59 Å². The average Bonchev–Trinajstić information content (AvgIpc) is 2.95. The number of amides is 1. The van der Waals surface area contributed by atoms with Crippen LogP contribution in [0.2, 0.25) is 5.02 Å². The van der Waals surface area contributed by atoms with Crippen LogP contribution in [-0.4, -0.2) is 48.6 Å². The zero-order chi connectivity index (χ0) is 29.7. The summed E-state index contributed by atoms with van der Waals surface area (Å²) < 4.78 is 5.29. The number of halogens is 1.